The number of rotatable bonds is 3. The molecule has 0 saturated heterocycles. The van der Waals surface area contributed by atoms with E-state index in [2.05, 4.69) is 10.2 Å². The summed E-state index contributed by atoms with van der Waals surface area (Å²) in [6, 6.07) is 11.5. The van der Waals surface area contributed by atoms with E-state index in [0.29, 0.717) is 27.7 Å². The molecule has 0 N–H and O–H groups in total. The van der Waals surface area contributed by atoms with Crippen LogP contribution in [0.15, 0.2) is 54.7 Å². The van der Waals surface area contributed by atoms with Crippen LogP contribution in [0.25, 0.3) is 22.5 Å². The van der Waals surface area contributed by atoms with Gasteiger partial charge >= 0.3 is 6.18 Å². The molecule has 0 aliphatic carbocycles. The molecular weight excluding hydrogens is 420 g/mol. The lowest BCUT2D eigenvalue weighted by molar-refractivity contribution is -0.142. The smallest absolute Gasteiger partial charge is 0.237 e. The standard InChI is InChI=1S/C21H15ClF4N4/c1-12-19(13(2)29(28-12)16-9-5-15(23)6-10-16)18-11-27-30(20(18)21(24,25)26)17-7-3-14(22)4-8-17/h3-11H,1-2H3. The molecule has 2 aromatic carbocycles. The third-order valence-electron chi connectivity index (χ3n) is 4.74. The fourth-order valence-corrected chi connectivity index (χ4v) is 3.57. The fourth-order valence-electron chi connectivity index (χ4n) is 3.45. The van der Waals surface area contributed by atoms with E-state index in [1.54, 1.807) is 13.8 Å². The molecule has 0 radical (unpaired) electrons. The summed E-state index contributed by atoms with van der Waals surface area (Å²) in [5, 5.41) is 8.79. The molecule has 30 heavy (non-hydrogen) atoms. The van der Waals surface area contributed by atoms with Gasteiger partial charge in [0, 0.05) is 21.8 Å². The van der Waals surface area contributed by atoms with Crippen molar-refractivity contribution in [2.75, 3.05) is 0 Å². The normalized spacial score (nSPS) is 11.8. The van der Waals surface area contributed by atoms with Crippen LogP contribution in [0.2, 0.25) is 5.02 Å². The van der Waals surface area contributed by atoms with Crippen molar-refractivity contribution < 1.29 is 17.6 Å². The molecule has 0 fully saturated rings. The van der Waals surface area contributed by atoms with Crippen LogP contribution in [-0.2, 0) is 6.18 Å². The summed E-state index contributed by atoms with van der Waals surface area (Å²) in [6.07, 6.45) is -3.48. The minimum Gasteiger partial charge on any atom is -0.237 e. The number of aryl methyl sites for hydroxylation is 1. The molecule has 4 aromatic rings. The van der Waals surface area contributed by atoms with Gasteiger partial charge in [-0.15, -0.1) is 0 Å². The molecule has 0 aliphatic rings. The summed E-state index contributed by atoms with van der Waals surface area (Å²) in [5.41, 5.74) is 1.00. The van der Waals surface area contributed by atoms with Crippen molar-refractivity contribution in [2.24, 2.45) is 0 Å². The lowest BCUT2D eigenvalue weighted by Crippen LogP contribution is -2.14. The quantitative estimate of drug-likeness (QED) is 0.362. The van der Waals surface area contributed by atoms with Crippen molar-refractivity contribution in [3.05, 3.63) is 82.6 Å². The zero-order valence-corrected chi connectivity index (χ0v) is 16.6. The molecule has 0 spiro atoms. The maximum Gasteiger partial charge on any atom is 0.434 e. The molecule has 4 nitrogen and oxygen atoms in total. The fraction of sp³-hybridized carbons (Fsp3) is 0.143. The molecule has 154 valence electrons. The Balaban J connectivity index is 1.91. The highest BCUT2D eigenvalue weighted by Crippen LogP contribution is 2.41. The monoisotopic (exact) mass is 434 g/mol. The maximum absolute atomic E-state index is 14.1. The Labute approximate surface area is 174 Å². The SMILES string of the molecule is Cc1nn(-c2ccc(F)cc2)c(C)c1-c1cnn(-c2ccc(Cl)cc2)c1C(F)(F)F. The third kappa shape index (κ3) is 3.47. The summed E-state index contributed by atoms with van der Waals surface area (Å²) >= 11 is 5.86. The Morgan fingerprint density at radius 2 is 1.43 bits per heavy atom. The van der Waals surface area contributed by atoms with Crippen LogP contribution in [0.1, 0.15) is 17.1 Å². The van der Waals surface area contributed by atoms with E-state index in [1.807, 2.05) is 0 Å². The zero-order valence-electron chi connectivity index (χ0n) is 15.9. The van der Waals surface area contributed by atoms with Gasteiger partial charge in [-0.3, -0.25) is 0 Å². The van der Waals surface area contributed by atoms with Crippen LogP contribution in [0, 0.1) is 19.7 Å². The average molecular weight is 435 g/mol. The van der Waals surface area contributed by atoms with Crippen LogP contribution in [-0.4, -0.2) is 19.6 Å². The first kappa shape index (κ1) is 20.2. The molecule has 2 aromatic heterocycles. The van der Waals surface area contributed by atoms with Gasteiger partial charge in [-0.05, 0) is 62.4 Å². The lowest BCUT2D eigenvalue weighted by atomic mass is 10.0. The van der Waals surface area contributed by atoms with E-state index in [-0.39, 0.29) is 11.3 Å². The predicted molar refractivity (Wildman–Crippen MR) is 106 cm³/mol. The van der Waals surface area contributed by atoms with Gasteiger partial charge in [-0.1, -0.05) is 11.6 Å². The van der Waals surface area contributed by atoms with Crippen molar-refractivity contribution in [3.63, 3.8) is 0 Å². The van der Waals surface area contributed by atoms with E-state index in [1.165, 1.54) is 59.4 Å². The summed E-state index contributed by atoms with van der Waals surface area (Å²) < 4.78 is 57.8. The minimum absolute atomic E-state index is 0.0826. The van der Waals surface area contributed by atoms with Crippen LogP contribution in [0.3, 0.4) is 0 Å². The number of hydrogen-bond donors (Lipinski definition) is 0. The van der Waals surface area contributed by atoms with Gasteiger partial charge in [0.05, 0.1) is 23.3 Å². The molecule has 0 bridgehead atoms. The number of hydrogen-bond acceptors (Lipinski definition) is 2. The van der Waals surface area contributed by atoms with Crippen LogP contribution < -0.4 is 0 Å². The first-order valence-electron chi connectivity index (χ1n) is 8.90. The van der Waals surface area contributed by atoms with Gasteiger partial charge in [-0.2, -0.15) is 23.4 Å². The van der Waals surface area contributed by atoms with E-state index in [0.717, 1.165) is 4.68 Å². The summed E-state index contributed by atoms with van der Waals surface area (Å²) in [4.78, 5) is 0. The highest BCUT2D eigenvalue weighted by atomic mass is 35.5. The molecular formula is C21H15ClF4N4. The van der Waals surface area contributed by atoms with Gasteiger partial charge in [0.2, 0.25) is 0 Å². The first-order valence-corrected chi connectivity index (χ1v) is 9.28. The van der Waals surface area contributed by atoms with Gasteiger partial charge in [0.25, 0.3) is 0 Å². The minimum atomic E-state index is -4.66. The van der Waals surface area contributed by atoms with Crippen molar-refractivity contribution in [2.45, 2.75) is 20.0 Å². The Bertz CT molecular complexity index is 1210. The topological polar surface area (TPSA) is 35.6 Å². The van der Waals surface area contributed by atoms with Crippen molar-refractivity contribution in [1.82, 2.24) is 19.6 Å². The molecule has 9 heteroatoms. The molecule has 0 saturated carbocycles. The second-order valence-corrected chi connectivity index (χ2v) is 7.16. The Morgan fingerprint density at radius 1 is 0.867 bits per heavy atom. The third-order valence-corrected chi connectivity index (χ3v) is 4.99. The van der Waals surface area contributed by atoms with Gasteiger partial charge in [-0.25, -0.2) is 13.8 Å². The number of halogens is 5. The van der Waals surface area contributed by atoms with Crippen LogP contribution in [0.5, 0.6) is 0 Å². The molecule has 0 amide bonds. The molecule has 0 atom stereocenters. The average Bonchev–Trinajstić information content (AvgIpc) is 3.24. The van der Waals surface area contributed by atoms with E-state index >= 15 is 0 Å². The molecule has 2 heterocycles. The molecule has 4 rings (SSSR count). The summed E-state index contributed by atoms with van der Waals surface area (Å²) in [6.45, 7) is 3.29. The van der Waals surface area contributed by atoms with Crippen LogP contribution >= 0.6 is 11.6 Å². The number of alkyl halides is 3. The number of nitrogens with zero attached hydrogens (tertiary/aromatic N) is 4. The van der Waals surface area contributed by atoms with E-state index < -0.39 is 17.7 Å². The van der Waals surface area contributed by atoms with E-state index in [9.17, 15) is 17.6 Å². The summed E-state index contributed by atoms with van der Waals surface area (Å²) in [7, 11) is 0. The van der Waals surface area contributed by atoms with Crippen molar-refractivity contribution in [1.29, 1.82) is 0 Å². The second-order valence-electron chi connectivity index (χ2n) is 6.73. The first-order chi connectivity index (χ1) is 14.2. The van der Waals surface area contributed by atoms with Crippen molar-refractivity contribution in [3.8, 4) is 22.5 Å². The largest absolute Gasteiger partial charge is 0.434 e. The predicted octanol–water partition coefficient (Wildman–Crippen LogP) is 6.15. The van der Waals surface area contributed by atoms with Crippen molar-refractivity contribution >= 4 is 11.6 Å². The zero-order chi connectivity index (χ0) is 21.6. The Kier molecular flexibility index (Phi) is 4.89. The van der Waals surface area contributed by atoms with Crippen LogP contribution in [0.4, 0.5) is 17.6 Å². The highest BCUT2D eigenvalue weighted by Gasteiger charge is 2.40. The summed E-state index contributed by atoms with van der Waals surface area (Å²) in [5.74, 6) is -0.413. The van der Waals surface area contributed by atoms with Gasteiger partial charge in [0.15, 0.2) is 5.69 Å². The maximum atomic E-state index is 14.1. The number of benzene rings is 2. The number of aromatic nitrogens is 4. The highest BCUT2D eigenvalue weighted by molar-refractivity contribution is 6.30. The Hall–Kier alpha value is -3.13. The van der Waals surface area contributed by atoms with E-state index in [4.69, 9.17) is 11.6 Å². The van der Waals surface area contributed by atoms with Gasteiger partial charge in [0.1, 0.15) is 5.82 Å². The molecule has 0 unspecified atom stereocenters. The lowest BCUT2D eigenvalue weighted by Gasteiger charge is -2.13. The second kappa shape index (κ2) is 7.28. The Morgan fingerprint density at radius 3 is 2.03 bits per heavy atom. The van der Waals surface area contributed by atoms with Gasteiger partial charge < -0.3 is 0 Å². The molecule has 0 aliphatic heterocycles.